The Morgan fingerprint density at radius 3 is 2.47 bits per heavy atom. The third-order valence-electron chi connectivity index (χ3n) is 3.75. The van der Waals surface area contributed by atoms with E-state index in [1.165, 1.54) is 0 Å². The molecule has 0 aliphatic carbocycles. The Hall–Kier alpha value is -3.37. The van der Waals surface area contributed by atoms with Crippen molar-refractivity contribution in [2.45, 2.75) is 45.6 Å². The minimum atomic E-state index is -4.68. The number of nitrogens with one attached hydrogen (secondary N) is 1. The molecule has 0 radical (unpaired) electrons. The molecule has 0 spiro atoms. The van der Waals surface area contributed by atoms with Crippen LogP contribution in [0.15, 0.2) is 41.2 Å². The van der Waals surface area contributed by atoms with Crippen molar-refractivity contribution >= 4 is 6.09 Å². The lowest BCUT2D eigenvalue weighted by atomic mass is 10.1. The molecule has 11 heteroatoms. The van der Waals surface area contributed by atoms with E-state index in [1.54, 1.807) is 62.1 Å². The van der Waals surface area contributed by atoms with Crippen LogP contribution in [-0.4, -0.2) is 31.6 Å². The number of carbonyl (C=O) groups is 1. The Morgan fingerprint density at radius 2 is 1.87 bits per heavy atom. The molecule has 1 aromatic carbocycles. The molecule has 0 unspecified atom stereocenters. The molecule has 1 N–H and O–H groups in total. The molecule has 0 fully saturated rings. The first kappa shape index (κ1) is 21.3. The summed E-state index contributed by atoms with van der Waals surface area (Å²) in [6.07, 6.45) is -1.79. The number of amides is 1. The number of nitrogens with zero attached hydrogens (tertiary/aromatic N) is 4. The van der Waals surface area contributed by atoms with Gasteiger partial charge in [-0.15, -0.1) is 0 Å². The molecule has 3 rings (SSSR count). The number of benzene rings is 1. The highest BCUT2D eigenvalue weighted by Gasteiger charge is 2.38. The largest absolute Gasteiger partial charge is 0.471 e. The van der Waals surface area contributed by atoms with Crippen molar-refractivity contribution in [2.24, 2.45) is 0 Å². The first-order valence-electron chi connectivity index (χ1n) is 8.98. The summed E-state index contributed by atoms with van der Waals surface area (Å²) >= 11 is 0. The van der Waals surface area contributed by atoms with Crippen LogP contribution in [0.25, 0.3) is 11.4 Å². The molecule has 8 nitrogen and oxygen atoms in total. The zero-order valence-electron chi connectivity index (χ0n) is 16.5. The number of alkyl halides is 3. The lowest BCUT2D eigenvalue weighted by molar-refractivity contribution is -0.159. The number of hydrogen-bond acceptors (Lipinski definition) is 6. The molecule has 0 saturated carbocycles. The second-order valence-corrected chi connectivity index (χ2v) is 7.52. The fraction of sp³-hybridized carbons (Fsp3) is 0.368. The van der Waals surface area contributed by atoms with Crippen molar-refractivity contribution in [3.05, 3.63) is 53.7 Å². The van der Waals surface area contributed by atoms with Gasteiger partial charge in [0.05, 0.1) is 12.7 Å². The molecule has 2 aromatic heterocycles. The molecule has 0 atom stereocenters. The zero-order valence-corrected chi connectivity index (χ0v) is 16.5. The minimum absolute atomic E-state index is 0.136. The van der Waals surface area contributed by atoms with Crippen LogP contribution in [0.3, 0.4) is 0 Å². The van der Waals surface area contributed by atoms with Gasteiger partial charge in [-0.05, 0) is 26.3 Å². The predicted octanol–water partition coefficient (Wildman–Crippen LogP) is 4.02. The second-order valence-electron chi connectivity index (χ2n) is 7.52. The van der Waals surface area contributed by atoms with E-state index in [9.17, 15) is 18.0 Å². The Morgan fingerprint density at radius 1 is 1.17 bits per heavy atom. The number of rotatable bonds is 5. The third-order valence-corrected chi connectivity index (χ3v) is 3.75. The standard InChI is InChI=1S/C19H20F3N5O3/c1-18(2,3)29-17(28)23-8-13-9-24-27(11-13)10-12-4-6-14(7-5-12)15-25-16(30-26-15)19(20,21)22/h4-7,9,11H,8,10H2,1-3H3,(H,23,28). The van der Waals surface area contributed by atoms with Gasteiger partial charge in [-0.25, -0.2) is 4.79 Å². The summed E-state index contributed by atoms with van der Waals surface area (Å²) < 4.78 is 48.8. The van der Waals surface area contributed by atoms with E-state index < -0.39 is 23.8 Å². The number of aromatic nitrogens is 4. The average Bonchev–Trinajstić information content (AvgIpc) is 3.28. The van der Waals surface area contributed by atoms with Gasteiger partial charge in [-0.1, -0.05) is 29.4 Å². The van der Waals surface area contributed by atoms with Gasteiger partial charge in [0.25, 0.3) is 0 Å². The van der Waals surface area contributed by atoms with E-state index in [0.717, 1.165) is 11.1 Å². The summed E-state index contributed by atoms with van der Waals surface area (Å²) in [5.74, 6) is -1.52. The number of halogens is 3. The highest BCUT2D eigenvalue weighted by atomic mass is 19.4. The van der Waals surface area contributed by atoms with E-state index in [0.29, 0.717) is 12.1 Å². The van der Waals surface area contributed by atoms with Crippen LogP contribution in [0.4, 0.5) is 18.0 Å². The summed E-state index contributed by atoms with van der Waals surface area (Å²) in [4.78, 5) is 15.1. The van der Waals surface area contributed by atoms with Crippen LogP contribution < -0.4 is 5.32 Å². The molecule has 1 amide bonds. The Labute approximate surface area is 170 Å². The maximum atomic E-state index is 12.6. The van der Waals surface area contributed by atoms with Crippen molar-refractivity contribution in [2.75, 3.05) is 0 Å². The van der Waals surface area contributed by atoms with Gasteiger partial charge in [0.15, 0.2) is 0 Å². The normalized spacial score (nSPS) is 12.1. The first-order chi connectivity index (χ1) is 14.0. The number of carbonyl (C=O) groups excluding carboxylic acids is 1. The lowest BCUT2D eigenvalue weighted by Gasteiger charge is -2.19. The molecule has 3 aromatic rings. The Bertz CT molecular complexity index is 1000. The fourth-order valence-electron chi connectivity index (χ4n) is 2.47. The Balaban J connectivity index is 1.57. The van der Waals surface area contributed by atoms with Crippen molar-refractivity contribution in [3.8, 4) is 11.4 Å². The molecule has 30 heavy (non-hydrogen) atoms. The number of ether oxygens (including phenoxy) is 1. The SMILES string of the molecule is CC(C)(C)OC(=O)NCc1cnn(Cc2ccc(-c3noc(C(F)(F)F)n3)cc2)c1. The maximum absolute atomic E-state index is 12.6. The van der Waals surface area contributed by atoms with Gasteiger partial charge in [0.2, 0.25) is 5.82 Å². The van der Waals surface area contributed by atoms with Gasteiger partial charge >= 0.3 is 18.2 Å². The number of hydrogen-bond donors (Lipinski definition) is 1. The summed E-state index contributed by atoms with van der Waals surface area (Å²) in [7, 11) is 0. The first-order valence-corrected chi connectivity index (χ1v) is 8.98. The fourth-order valence-corrected chi connectivity index (χ4v) is 2.47. The highest BCUT2D eigenvalue weighted by Crippen LogP contribution is 2.29. The van der Waals surface area contributed by atoms with Gasteiger partial charge in [-0.3, -0.25) is 4.68 Å². The lowest BCUT2D eigenvalue weighted by Crippen LogP contribution is -2.32. The maximum Gasteiger partial charge on any atom is 0.471 e. The van der Waals surface area contributed by atoms with Crippen LogP contribution in [0.5, 0.6) is 0 Å². The van der Waals surface area contributed by atoms with Crippen LogP contribution in [0, 0.1) is 0 Å². The van der Waals surface area contributed by atoms with Gasteiger partial charge in [-0.2, -0.15) is 23.3 Å². The molecular weight excluding hydrogens is 403 g/mol. The topological polar surface area (TPSA) is 95.1 Å². The summed E-state index contributed by atoms with van der Waals surface area (Å²) in [6, 6.07) is 6.68. The molecular formula is C19H20F3N5O3. The quantitative estimate of drug-likeness (QED) is 0.666. The van der Waals surface area contributed by atoms with Crippen molar-refractivity contribution < 1.29 is 27.2 Å². The molecule has 0 saturated heterocycles. The van der Waals surface area contributed by atoms with Crippen LogP contribution >= 0.6 is 0 Å². The predicted molar refractivity (Wildman–Crippen MR) is 99.1 cm³/mol. The van der Waals surface area contributed by atoms with E-state index in [2.05, 4.69) is 25.1 Å². The monoisotopic (exact) mass is 423 g/mol. The van der Waals surface area contributed by atoms with Crippen molar-refractivity contribution in [1.82, 2.24) is 25.2 Å². The van der Waals surface area contributed by atoms with E-state index in [1.807, 2.05) is 0 Å². The Kier molecular flexibility index (Phi) is 5.81. The zero-order chi connectivity index (χ0) is 21.9. The van der Waals surface area contributed by atoms with Gasteiger partial charge in [0.1, 0.15) is 5.60 Å². The van der Waals surface area contributed by atoms with Gasteiger partial charge in [0, 0.05) is 23.9 Å². The smallest absolute Gasteiger partial charge is 0.444 e. The molecule has 0 aliphatic rings. The molecule has 160 valence electrons. The van der Waals surface area contributed by atoms with Crippen molar-refractivity contribution in [1.29, 1.82) is 0 Å². The van der Waals surface area contributed by atoms with Gasteiger partial charge < -0.3 is 14.6 Å². The summed E-state index contributed by atoms with van der Waals surface area (Å²) in [6.45, 7) is 6.05. The van der Waals surface area contributed by atoms with Crippen LogP contribution in [-0.2, 0) is 24.0 Å². The van der Waals surface area contributed by atoms with E-state index in [-0.39, 0.29) is 12.4 Å². The highest BCUT2D eigenvalue weighted by molar-refractivity contribution is 5.67. The second kappa shape index (κ2) is 8.17. The average molecular weight is 423 g/mol. The third kappa shape index (κ3) is 5.82. The van der Waals surface area contributed by atoms with Crippen LogP contribution in [0.2, 0.25) is 0 Å². The molecule has 2 heterocycles. The molecule has 0 bridgehead atoms. The van der Waals surface area contributed by atoms with E-state index >= 15 is 0 Å². The number of alkyl carbamates (subject to hydrolysis) is 1. The van der Waals surface area contributed by atoms with Crippen molar-refractivity contribution in [3.63, 3.8) is 0 Å². The van der Waals surface area contributed by atoms with Crippen LogP contribution in [0.1, 0.15) is 37.8 Å². The van der Waals surface area contributed by atoms with E-state index in [4.69, 9.17) is 4.74 Å². The summed E-state index contributed by atoms with van der Waals surface area (Å²) in [5.41, 5.74) is 1.49. The molecule has 0 aliphatic heterocycles. The summed E-state index contributed by atoms with van der Waals surface area (Å²) in [5, 5.41) is 10.2. The minimum Gasteiger partial charge on any atom is -0.444 e.